The summed E-state index contributed by atoms with van der Waals surface area (Å²) < 4.78 is 32.4. The van der Waals surface area contributed by atoms with Crippen molar-refractivity contribution in [2.45, 2.75) is 25.2 Å². The first-order valence-corrected chi connectivity index (χ1v) is 7.77. The van der Waals surface area contributed by atoms with Crippen molar-refractivity contribution in [3.63, 3.8) is 0 Å². The van der Waals surface area contributed by atoms with Crippen molar-refractivity contribution in [2.24, 2.45) is 0 Å². The molecule has 1 aromatic heterocycles. The predicted molar refractivity (Wildman–Crippen MR) is 76.4 cm³/mol. The van der Waals surface area contributed by atoms with Crippen LogP contribution in [0.2, 0.25) is 0 Å². The van der Waals surface area contributed by atoms with E-state index in [1.165, 1.54) is 6.20 Å². The first-order chi connectivity index (χ1) is 9.53. The van der Waals surface area contributed by atoms with Crippen molar-refractivity contribution in [2.75, 3.05) is 11.3 Å². The standard InChI is InChI=1S/C13H17N3O3S/c1-3-7-19-12-6-4-5-11(8-12)16-20(17,18)13-9-14-15-10(13)2/h4-6,8-9,16H,3,7H2,1-2H3,(H,14,15). The molecule has 6 nitrogen and oxygen atoms in total. The van der Waals surface area contributed by atoms with Crippen LogP contribution >= 0.6 is 0 Å². The van der Waals surface area contributed by atoms with E-state index in [0.717, 1.165) is 6.42 Å². The summed E-state index contributed by atoms with van der Waals surface area (Å²) >= 11 is 0. The molecule has 2 N–H and O–H groups in total. The molecule has 7 heteroatoms. The number of aryl methyl sites for hydroxylation is 1. The topological polar surface area (TPSA) is 84.1 Å². The average Bonchev–Trinajstić information content (AvgIpc) is 2.83. The first kappa shape index (κ1) is 14.4. The highest BCUT2D eigenvalue weighted by Gasteiger charge is 2.18. The van der Waals surface area contributed by atoms with E-state index in [2.05, 4.69) is 14.9 Å². The van der Waals surface area contributed by atoms with Gasteiger partial charge in [0.15, 0.2) is 0 Å². The smallest absolute Gasteiger partial charge is 0.265 e. The second-order valence-corrected chi connectivity index (χ2v) is 5.99. The number of ether oxygens (including phenoxy) is 1. The molecule has 108 valence electrons. The Hall–Kier alpha value is -2.02. The Kier molecular flexibility index (Phi) is 4.29. The fourth-order valence-corrected chi connectivity index (χ4v) is 2.88. The lowest BCUT2D eigenvalue weighted by molar-refractivity contribution is 0.317. The molecule has 20 heavy (non-hydrogen) atoms. The highest BCUT2D eigenvalue weighted by molar-refractivity contribution is 7.92. The van der Waals surface area contributed by atoms with E-state index in [0.29, 0.717) is 23.7 Å². The van der Waals surface area contributed by atoms with Gasteiger partial charge < -0.3 is 4.74 Å². The molecule has 2 rings (SSSR count). The van der Waals surface area contributed by atoms with Crippen molar-refractivity contribution >= 4 is 15.7 Å². The molecule has 0 saturated heterocycles. The summed E-state index contributed by atoms with van der Waals surface area (Å²) in [5.74, 6) is 0.635. The number of sulfonamides is 1. The Bertz CT molecular complexity index is 680. The van der Waals surface area contributed by atoms with Gasteiger partial charge in [-0.15, -0.1) is 0 Å². The number of benzene rings is 1. The zero-order valence-electron chi connectivity index (χ0n) is 11.4. The third kappa shape index (κ3) is 3.30. The number of nitrogens with one attached hydrogen (secondary N) is 2. The molecular formula is C13H17N3O3S. The molecule has 0 bridgehead atoms. The number of H-pyrrole nitrogens is 1. The van der Waals surface area contributed by atoms with Crippen LogP contribution in [0.4, 0.5) is 5.69 Å². The molecule has 0 fully saturated rings. The first-order valence-electron chi connectivity index (χ1n) is 6.28. The maximum absolute atomic E-state index is 12.2. The Morgan fingerprint density at radius 3 is 2.85 bits per heavy atom. The number of hydrogen-bond acceptors (Lipinski definition) is 4. The SMILES string of the molecule is CCCOc1cccc(NS(=O)(=O)c2cn[nH]c2C)c1. The molecule has 0 aliphatic heterocycles. The fourth-order valence-electron chi connectivity index (χ4n) is 1.69. The molecular weight excluding hydrogens is 278 g/mol. The Morgan fingerprint density at radius 1 is 1.40 bits per heavy atom. The fraction of sp³-hybridized carbons (Fsp3) is 0.308. The van der Waals surface area contributed by atoms with E-state index in [9.17, 15) is 8.42 Å². The summed E-state index contributed by atoms with van der Waals surface area (Å²) in [4.78, 5) is 0.136. The molecule has 0 unspecified atom stereocenters. The van der Waals surface area contributed by atoms with Gasteiger partial charge in [0.2, 0.25) is 0 Å². The number of anilines is 1. The summed E-state index contributed by atoms with van der Waals surface area (Å²) in [5.41, 5.74) is 0.954. The summed E-state index contributed by atoms with van der Waals surface area (Å²) in [6.07, 6.45) is 2.18. The maximum atomic E-state index is 12.2. The van der Waals surface area contributed by atoms with Gasteiger partial charge in [-0.05, 0) is 25.5 Å². The van der Waals surface area contributed by atoms with E-state index in [-0.39, 0.29) is 4.90 Å². The number of aromatic amines is 1. The molecule has 0 atom stereocenters. The average molecular weight is 295 g/mol. The minimum atomic E-state index is -3.64. The highest BCUT2D eigenvalue weighted by atomic mass is 32.2. The van der Waals surface area contributed by atoms with E-state index in [1.54, 1.807) is 31.2 Å². The van der Waals surface area contributed by atoms with Crippen molar-refractivity contribution in [1.82, 2.24) is 10.2 Å². The monoisotopic (exact) mass is 295 g/mol. The van der Waals surface area contributed by atoms with Crippen LogP contribution in [-0.4, -0.2) is 25.2 Å². The third-order valence-electron chi connectivity index (χ3n) is 2.63. The lowest BCUT2D eigenvalue weighted by Crippen LogP contribution is -2.13. The van der Waals surface area contributed by atoms with Gasteiger partial charge in [-0.3, -0.25) is 9.82 Å². The number of rotatable bonds is 6. The second kappa shape index (κ2) is 5.96. The van der Waals surface area contributed by atoms with Crippen LogP contribution in [0.25, 0.3) is 0 Å². The van der Waals surface area contributed by atoms with E-state index >= 15 is 0 Å². The van der Waals surface area contributed by atoms with Crippen LogP contribution in [0, 0.1) is 6.92 Å². The summed E-state index contributed by atoms with van der Waals surface area (Å²) in [6.45, 7) is 4.26. The van der Waals surface area contributed by atoms with Crippen LogP contribution in [0.5, 0.6) is 5.75 Å². The lowest BCUT2D eigenvalue weighted by atomic mass is 10.3. The highest BCUT2D eigenvalue weighted by Crippen LogP contribution is 2.21. The van der Waals surface area contributed by atoms with Gasteiger partial charge in [-0.1, -0.05) is 13.0 Å². The number of hydrogen-bond donors (Lipinski definition) is 2. The van der Waals surface area contributed by atoms with Crippen molar-refractivity contribution in [3.05, 3.63) is 36.2 Å². The quantitative estimate of drug-likeness (QED) is 0.856. The second-order valence-electron chi connectivity index (χ2n) is 4.34. The van der Waals surface area contributed by atoms with Gasteiger partial charge in [0.05, 0.1) is 24.2 Å². The normalized spacial score (nSPS) is 11.3. The third-order valence-corrected chi connectivity index (χ3v) is 4.13. The molecule has 0 spiro atoms. The zero-order valence-corrected chi connectivity index (χ0v) is 12.2. The molecule has 0 saturated carbocycles. The number of aromatic nitrogens is 2. The minimum Gasteiger partial charge on any atom is -0.494 e. The van der Waals surface area contributed by atoms with E-state index in [4.69, 9.17) is 4.74 Å². The van der Waals surface area contributed by atoms with Crippen molar-refractivity contribution in [3.8, 4) is 5.75 Å². The van der Waals surface area contributed by atoms with Crippen LogP contribution in [0.15, 0.2) is 35.4 Å². The lowest BCUT2D eigenvalue weighted by Gasteiger charge is -2.09. The zero-order chi connectivity index (χ0) is 14.6. The summed E-state index contributed by atoms with van der Waals surface area (Å²) in [7, 11) is -3.64. The van der Waals surface area contributed by atoms with Crippen LogP contribution in [0.3, 0.4) is 0 Å². The number of nitrogens with zero attached hydrogens (tertiary/aromatic N) is 1. The molecule has 1 aromatic carbocycles. The summed E-state index contributed by atoms with van der Waals surface area (Å²) in [5, 5.41) is 6.32. The van der Waals surface area contributed by atoms with Gasteiger partial charge in [0.1, 0.15) is 10.6 Å². The Balaban J connectivity index is 2.19. The molecule has 0 radical (unpaired) electrons. The molecule has 0 aliphatic rings. The van der Waals surface area contributed by atoms with Crippen molar-refractivity contribution in [1.29, 1.82) is 0 Å². The Morgan fingerprint density at radius 2 is 2.20 bits per heavy atom. The predicted octanol–water partition coefficient (Wildman–Crippen LogP) is 2.31. The Labute approximate surface area is 118 Å². The molecule has 1 heterocycles. The molecule has 2 aromatic rings. The largest absolute Gasteiger partial charge is 0.494 e. The van der Waals surface area contributed by atoms with Gasteiger partial charge in [-0.2, -0.15) is 5.10 Å². The van der Waals surface area contributed by atoms with E-state index in [1.807, 2.05) is 6.92 Å². The van der Waals surface area contributed by atoms with Gasteiger partial charge in [0, 0.05) is 6.07 Å². The van der Waals surface area contributed by atoms with Gasteiger partial charge in [0.25, 0.3) is 10.0 Å². The van der Waals surface area contributed by atoms with E-state index < -0.39 is 10.0 Å². The minimum absolute atomic E-state index is 0.136. The summed E-state index contributed by atoms with van der Waals surface area (Å²) in [6, 6.07) is 6.86. The molecule has 0 aliphatic carbocycles. The van der Waals surface area contributed by atoms with Crippen molar-refractivity contribution < 1.29 is 13.2 Å². The van der Waals surface area contributed by atoms with Crippen LogP contribution < -0.4 is 9.46 Å². The van der Waals surface area contributed by atoms with Gasteiger partial charge in [-0.25, -0.2) is 8.42 Å². The molecule has 0 amide bonds. The van der Waals surface area contributed by atoms with Gasteiger partial charge >= 0.3 is 0 Å². The van der Waals surface area contributed by atoms with Crippen LogP contribution in [-0.2, 0) is 10.0 Å². The van der Waals surface area contributed by atoms with Crippen LogP contribution in [0.1, 0.15) is 19.0 Å². The maximum Gasteiger partial charge on any atom is 0.265 e.